The van der Waals surface area contributed by atoms with Gasteiger partial charge in [0.1, 0.15) is 5.41 Å². The molecule has 1 saturated carbocycles. The largest absolute Gasteiger partial charge is 0.481 e. The van der Waals surface area contributed by atoms with Crippen LogP contribution in [0.1, 0.15) is 31.4 Å². The summed E-state index contributed by atoms with van der Waals surface area (Å²) in [5.41, 5.74) is 0.142. The quantitative estimate of drug-likeness (QED) is 0.880. The van der Waals surface area contributed by atoms with E-state index in [-0.39, 0.29) is 25.7 Å². The van der Waals surface area contributed by atoms with Gasteiger partial charge in [-0.2, -0.15) is 0 Å². The zero-order valence-electron chi connectivity index (χ0n) is 10.8. The Hall–Kier alpha value is -1.91. The number of benzene rings is 1. The van der Waals surface area contributed by atoms with Crippen molar-refractivity contribution in [1.29, 1.82) is 0 Å². The Morgan fingerprint density at radius 3 is 2.40 bits per heavy atom. The van der Waals surface area contributed by atoms with Crippen LogP contribution in [0.25, 0.3) is 10.9 Å². The molecule has 1 aliphatic carbocycles. The summed E-state index contributed by atoms with van der Waals surface area (Å²) in [4.78, 5) is 14.8. The predicted molar refractivity (Wildman–Crippen MR) is 71.0 cm³/mol. The lowest BCUT2D eigenvalue weighted by atomic mass is 9.70. The van der Waals surface area contributed by atoms with Gasteiger partial charge in [-0.25, -0.2) is 8.78 Å². The fourth-order valence-corrected chi connectivity index (χ4v) is 2.97. The van der Waals surface area contributed by atoms with Crippen LogP contribution in [0.15, 0.2) is 30.3 Å². The molecule has 3 nitrogen and oxygen atoms in total. The minimum atomic E-state index is -2.75. The van der Waals surface area contributed by atoms with Crippen molar-refractivity contribution in [1.82, 2.24) is 4.98 Å². The fraction of sp³-hybridized carbons (Fsp3) is 0.400. The fourth-order valence-electron chi connectivity index (χ4n) is 2.97. The first kappa shape index (κ1) is 13.1. The molecule has 5 heteroatoms. The molecule has 0 unspecified atom stereocenters. The van der Waals surface area contributed by atoms with E-state index in [1.807, 2.05) is 24.3 Å². The number of carboxylic acid groups (broad SMARTS) is 1. The number of hydrogen-bond acceptors (Lipinski definition) is 1. The first-order chi connectivity index (χ1) is 9.43. The summed E-state index contributed by atoms with van der Waals surface area (Å²) in [6, 6.07) is 9.22. The van der Waals surface area contributed by atoms with E-state index in [9.17, 15) is 18.7 Å². The number of aromatic nitrogens is 1. The van der Waals surface area contributed by atoms with Crippen molar-refractivity contribution < 1.29 is 18.7 Å². The number of para-hydroxylation sites is 1. The summed E-state index contributed by atoms with van der Waals surface area (Å²) < 4.78 is 26.7. The smallest absolute Gasteiger partial charge is 0.315 e. The number of carboxylic acids is 1. The summed E-state index contributed by atoms with van der Waals surface area (Å²) in [5, 5.41) is 10.5. The monoisotopic (exact) mass is 279 g/mol. The number of aromatic amines is 1. The highest BCUT2D eigenvalue weighted by Crippen LogP contribution is 2.45. The minimum Gasteiger partial charge on any atom is -0.481 e. The van der Waals surface area contributed by atoms with Crippen LogP contribution in [0.5, 0.6) is 0 Å². The van der Waals surface area contributed by atoms with Crippen molar-refractivity contribution in [2.24, 2.45) is 0 Å². The predicted octanol–water partition coefficient (Wildman–Crippen LogP) is 3.70. The van der Waals surface area contributed by atoms with Gasteiger partial charge in [0.05, 0.1) is 0 Å². The molecule has 1 heterocycles. The Kier molecular flexibility index (Phi) is 2.81. The molecule has 0 bridgehead atoms. The summed E-state index contributed by atoms with van der Waals surface area (Å²) >= 11 is 0. The van der Waals surface area contributed by atoms with Gasteiger partial charge in [-0.05, 0) is 30.4 Å². The van der Waals surface area contributed by atoms with Gasteiger partial charge in [0.2, 0.25) is 5.92 Å². The number of carbonyl (C=O) groups is 1. The zero-order chi connectivity index (χ0) is 14.4. The molecule has 1 fully saturated rings. The molecule has 0 spiro atoms. The molecule has 0 saturated heterocycles. The van der Waals surface area contributed by atoms with Gasteiger partial charge in [-0.15, -0.1) is 0 Å². The van der Waals surface area contributed by atoms with Crippen molar-refractivity contribution in [2.75, 3.05) is 0 Å². The molecular weight excluding hydrogens is 264 g/mol. The Morgan fingerprint density at radius 1 is 1.15 bits per heavy atom. The number of halogens is 2. The Bertz CT molecular complexity index is 620. The van der Waals surface area contributed by atoms with E-state index in [0.29, 0.717) is 5.69 Å². The van der Waals surface area contributed by atoms with Gasteiger partial charge < -0.3 is 10.1 Å². The number of aliphatic carboxylic acids is 1. The molecular formula is C15H15F2NO2. The Morgan fingerprint density at radius 2 is 1.80 bits per heavy atom. The molecule has 3 rings (SSSR count). The molecule has 2 aromatic rings. The molecule has 0 atom stereocenters. The molecule has 1 aromatic carbocycles. The SMILES string of the molecule is O=C(O)C1(c2cc3ccccc3[nH]2)CCC(F)(F)CC1. The van der Waals surface area contributed by atoms with Gasteiger partial charge in [0, 0.05) is 24.1 Å². The number of rotatable bonds is 2. The third kappa shape index (κ3) is 1.97. The first-order valence-corrected chi connectivity index (χ1v) is 6.62. The Balaban J connectivity index is 2.05. The van der Waals surface area contributed by atoms with Crippen LogP contribution in [0.2, 0.25) is 0 Å². The second-order valence-electron chi connectivity index (χ2n) is 5.51. The van der Waals surface area contributed by atoms with E-state index in [1.54, 1.807) is 6.07 Å². The maximum Gasteiger partial charge on any atom is 0.315 e. The van der Waals surface area contributed by atoms with Crippen LogP contribution in [-0.4, -0.2) is 22.0 Å². The van der Waals surface area contributed by atoms with E-state index in [0.717, 1.165) is 10.9 Å². The maximum atomic E-state index is 13.3. The number of alkyl halides is 2. The second kappa shape index (κ2) is 4.30. The van der Waals surface area contributed by atoms with Crippen molar-refractivity contribution in [3.63, 3.8) is 0 Å². The number of H-pyrrole nitrogens is 1. The third-order valence-electron chi connectivity index (χ3n) is 4.29. The van der Waals surface area contributed by atoms with Crippen molar-refractivity contribution in [3.8, 4) is 0 Å². The molecule has 20 heavy (non-hydrogen) atoms. The van der Waals surface area contributed by atoms with E-state index in [2.05, 4.69) is 4.98 Å². The molecule has 1 aliphatic rings. The highest BCUT2D eigenvalue weighted by Gasteiger charge is 2.49. The minimum absolute atomic E-state index is 0.0395. The van der Waals surface area contributed by atoms with Crippen molar-refractivity contribution in [2.45, 2.75) is 37.0 Å². The summed E-state index contributed by atoms with van der Waals surface area (Å²) in [6.45, 7) is 0. The van der Waals surface area contributed by atoms with E-state index < -0.39 is 17.3 Å². The number of hydrogen-bond donors (Lipinski definition) is 2. The average Bonchev–Trinajstić information content (AvgIpc) is 2.82. The van der Waals surface area contributed by atoms with E-state index in [4.69, 9.17) is 0 Å². The van der Waals surface area contributed by atoms with E-state index >= 15 is 0 Å². The van der Waals surface area contributed by atoms with Crippen molar-refractivity contribution in [3.05, 3.63) is 36.0 Å². The highest BCUT2D eigenvalue weighted by atomic mass is 19.3. The third-order valence-corrected chi connectivity index (χ3v) is 4.29. The van der Waals surface area contributed by atoms with Crippen LogP contribution < -0.4 is 0 Å². The van der Waals surface area contributed by atoms with Gasteiger partial charge in [0.15, 0.2) is 0 Å². The lowest BCUT2D eigenvalue weighted by molar-refractivity contribution is -0.149. The normalized spacial score (nSPS) is 20.9. The van der Waals surface area contributed by atoms with Crippen LogP contribution in [0.3, 0.4) is 0 Å². The van der Waals surface area contributed by atoms with Crippen LogP contribution in [0.4, 0.5) is 8.78 Å². The average molecular weight is 279 g/mol. The molecule has 0 radical (unpaired) electrons. The van der Waals surface area contributed by atoms with Gasteiger partial charge in [-0.1, -0.05) is 18.2 Å². The lowest BCUT2D eigenvalue weighted by Gasteiger charge is -2.36. The van der Waals surface area contributed by atoms with Crippen LogP contribution in [0, 0.1) is 0 Å². The van der Waals surface area contributed by atoms with Crippen molar-refractivity contribution >= 4 is 16.9 Å². The molecule has 2 N–H and O–H groups in total. The summed E-state index contributed by atoms with van der Waals surface area (Å²) in [5.74, 6) is -3.77. The summed E-state index contributed by atoms with van der Waals surface area (Å²) in [7, 11) is 0. The Labute approximate surface area is 114 Å². The number of fused-ring (bicyclic) bond motifs is 1. The second-order valence-corrected chi connectivity index (χ2v) is 5.51. The topological polar surface area (TPSA) is 53.1 Å². The highest BCUT2D eigenvalue weighted by molar-refractivity contribution is 5.86. The standard InChI is InChI=1S/C15H15F2NO2/c16-15(17)7-5-14(6-8-15,13(19)20)12-9-10-3-1-2-4-11(10)18-12/h1-4,9,18H,5-8H2,(H,19,20). The van der Waals surface area contributed by atoms with Crippen LogP contribution in [-0.2, 0) is 10.2 Å². The maximum absolute atomic E-state index is 13.3. The lowest BCUT2D eigenvalue weighted by Crippen LogP contribution is -2.43. The molecule has 0 amide bonds. The molecule has 1 aromatic heterocycles. The summed E-state index contributed by atoms with van der Waals surface area (Å²) in [6.07, 6.45) is -0.840. The van der Waals surface area contributed by atoms with Crippen LogP contribution >= 0.6 is 0 Å². The zero-order valence-corrected chi connectivity index (χ0v) is 10.8. The van der Waals surface area contributed by atoms with Gasteiger partial charge in [-0.3, -0.25) is 4.79 Å². The van der Waals surface area contributed by atoms with Gasteiger partial charge in [0.25, 0.3) is 0 Å². The van der Waals surface area contributed by atoms with E-state index in [1.165, 1.54) is 0 Å². The number of nitrogens with one attached hydrogen (secondary N) is 1. The van der Waals surface area contributed by atoms with Gasteiger partial charge >= 0.3 is 5.97 Å². The molecule has 106 valence electrons. The molecule has 0 aliphatic heterocycles. The first-order valence-electron chi connectivity index (χ1n) is 6.62.